The van der Waals surface area contributed by atoms with Crippen LogP contribution in [-0.2, 0) is 0 Å². The zero-order valence-corrected chi connectivity index (χ0v) is 9.42. The Morgan fingerprint density at radius 1 is 1.42 bits per heavy atom. The molecule has 1 nitrogen and oxygen atoms in total. The van der Waals surface area contributed by atoms with Crippen LogP contribution in [0.5, 0.6) is 0 Å². The van der Waals surface area contributed by atoms with Crippen LogP contribution in [0.1, 0.15) is 11.1 Å². The highest BCUT2D eigenvalue weighted by Crippen LogP contribution is 2.27. The van der Waals surface area contributed by atoms with Crippen LogP contribution in [0.2, 0.25) is 0 Å². The van der Waals surface area contributed by atoms with Crippen molar-refractivity contribution in [3.63, 3.8) is 0 Å². The second kappa shape index (κ2) is 4.01. The largest absolute Gasteiger partial charge is 0.352 e. The molecule has 0 heterocycles. The van der Waals surface area contributed by atoms with Crippen LogP contribution in [0.25, 0.3) is 0 Å². The van der Waals surface area contributed by atoms with Gasteiger partial charge in [-0.25, -0.2) is 0 Å². The summed E-state index contributed by atoms with van der Waals surface area (Å²) in [6, 6.07) is 4.09. The van der Waals surface area contributed by atoms with E-state index in [1.165, 1.54) is 16.6 Å². The van der Waals surface area contributed by atoms with E-state index in [2.05, 4.69) is 41.2 Å². The Bertz CT molecular complexity index is 310. The van der Waals surface area contributed by atoms with Crippen molar-refractivity contribution >= 4 is 39.3 Å². The number of hydrogen-bond donors (Lipinski definition) is 1. The van der Waals surface area contributed by atoms with Gasteiger partial charge >= 0.3 is 0 Å². The van der Waals surface area contributed by atoms with Gasteiger partial charge in [-0.15, -0.1) is 0 Å². The van der Waals surface area contributed by atoms with Crippen LogP contribution in [0.3, 0.4) is 0 Å². The molecule has 1 aromatic carbocycles. The Hall–Kier alpha value is -0.410. The first kappa shape index (κ1) is 9.68. The van der Waals surface area contributed by atoms with Gasteiger partial charge in [0, 0.05) is 4.47 Å². The molecule has 64 valence electrons. The van der Waals surface area contributed by atoms with Crippen LogP contribution in [0.4, 0.5) is 5.69 Å². The lowest BCUT2D eigenvalue weighted by atomic mass is 10.1. The molecule has 0 atom stereocenters. The fourth-order valence-corrected chi connectivity index (χ4v) is 1.68. The molecule has 0 aliphatic rings. The molecule has 0 aliphatic carbocycles. The Kier molecular flexibility index (Phi) is 3.23. The molecule has 1 aromatic rings. The first-order valence-corrected chi connectivity index (χ1v) is 4.89. The fraction of sp³-hybridized carbons (Fsp3) is 0.222. The molecular formula is C9H10BrNS. The minimum atomic E-state index is 1.05. The maximum Gasteiger partial charge on any atom is 0.0659 e. The van der Waals surface area contributed by atoms with Crippen LogP contribution >= 0.6 is 28.1 Å². The van der Waals surface area contributed by atoms with Gasteiger partial charge in [-0.3, -0.25) is 0 Å². The van der Waals surface area contributed by atoms with Gasteiger partial charge in [0.1, 0.15) is 0 Å². The van der Waals surface area contributed by atoms with E-state index in [4.69, 9.17) is 12.2 Å². The van der Waals surface area contributed by atoms with Gasteiger partial charge in [0.05, 0.1) is 11.2 Å². The van der Waals surface area contributed by atoms with Gasteiger partial charge in [0.2, 0.25) is 0 Å². The van der Waals surface area contributed by atoms with E-state index in [9.17, 15) is 0 Å². The molecule has 3 heteroatoms. The second-order valence-electron chi connectivity index (χ2n) is 2.63. The molecule has 0 saturated carbocycles. The van der Waals surface area contributed by atoms with Crippen molar-refractivity contribution in [2.75, 3.05) is 5.32 Å². The maximum atomic E-state index is 4.74. The topological polar surface area (TPSA) is 12.0 Å². The molecule has 0 amide bonds. The first-order valence-electron chi connectivity index (χ1n) is 3.62. The van der Waals surface area contributed by atoms with Crippen molar-refractivity contribution in [1.82, 2.24) is 0 Å². The summed E-state index contributed by atoms with van der Waals surface area (Å²) in [5.41, 5.74) is 5.07. The Labute approximate surface area is 86.3 Å². The van der Waals surface area contributed by atoms with Gasteiger partial charge in [-0.1, -0.05) is 18.3 Å². The van der Waals surface area contributed by atoms with Crippen LogP contribution in [-0.4, -0.2) is 5.49 Å². The summed E-state index contributed by atoms with van der Waals surface area (Å²) in [7, 11) is 0. The zero-order chi connectivity index (χ0) is 9.14. The third kappa shape index (κ3) is 1.84. The van der Waals surface area contributed by atoms with Gasteiger partial charge in [-0.05, 0) is 47.0 Å². The van der Waals surface area contributed by atoms with E-state index in [1.54, 1.807) is 0 Å². The van der Waals surface area contributed by atoms with Crippen molar-refractivity contribution in [2.24, 2.45) is 0 Å². The number of benzene rings is 1. The summed E-state index contributed by atoms with van der Waals surface area (Å²) in [6.45, 7) is 4.15. The summed E-state index contributed by atoms with van der Waals surface area (Å²) < 4.78 is 1.05. The second-order valence-corrected chi connectivity index (χ2v) is 3.72. The molecular weight excluding hydrogens is 234 g/mol. The van der Waals surface area contributed by atoms with E-state index in [1.807, 2.05) is 6.07 Å². The Morgan fingerprint density at radius 3 is 2.67 bits per heavy atom. The van der Waals surface area contributed by atoms with E-state index in [0.717, 1.165) is 10.2 Å². The minimum Gasteiger partial charge on any atom is -0.352 e. The van der Waals surface area contributed by atoms with Crippen LogP contribution < -0.4 is 5.32 Å². The fourth-order valence-electron chi connectivity index (χ4n) is 1.02. The normalized spacial score (nSPS) is 9.58. The van der Waals surface area contributed by atoms with Gasteiger partial charge < -0.3 is 5.32 Å². The van der Waals surface area contributed by atoms with Gasteiger partial charge in [0.15, 0.2) is 0 Å². The number of halogens is 1. The zero-order valence-electron chi connectivity index (χ0n) is 7.02. The lowest BCUT2D eigenvalue weighted by Crippen LogP contribution is -1.97. The number of hydrogen-bond acceptors (Lipinski definition) is 1. The number of thiocarbonyl (C=S) groups is 1. The molecule has 0 fully saturated rings. The monoisotopic (exact) mass is 243 g/mol. The molecule has 0 radical (unpaired) electrons. The highest BCUT2D eigenvalue weighted by atomic mass is 79.9. The van der Waals surface area contributed by atoms with Crippen molar-refractivity contribution in [2.45, 2.75) is 13.8 Å². The molecule has 0 saturated heterocycles. The SMILES string of the molecule is Cc1ccc(Br)c(NC=S)c1C. The van der Waals surface area contributed by atoms with Crippen LogP contribution in [0.15, 0.2) is 16.6 Å². The van der Waals surface area contributed by atoms with E-state index >= 15 is 0 Å². The quantitative estimate of drug-likeness (QED) is 0.800. The van der Waals surface area contributed by atoms with E-state index < -0.39 is 0 Å². The first-order chi connectivity index (χ1) is 5.66. The molecule has 0 aliphatic heterocycles. The van der Waals surface area contributed by atoms with Gasteiger partial charge in [-0.2, -0.15) is 0 Å². The van der Waals surface area contributed by atoms with E-state index in [-0.39, 0.29) is 0 Å². The van der Waals surface area contributed by atoms with Crippen molar-refractivity contribution in [3.05, 3.63) is 27.7 Å². The third-order valence-electron chi connectivity index (χ3n) is 1.89. The summed E-state index contributed by atoms with van der Waals surface area (Å²) >= 11 is 8.19. The summed E-state index contributed by atoms with van der Waals surface area (Å²) in [5.74, 6) is 0. The Morgan fingerprint density at radius 2 is 2.08 bits per heavy atom. The van der Waals surface area contributed by atoms with Crippen molar-refractivity contribution in [3.8, 4) is 0 Å². The molecule has 1 N–H and O–H groups in total. The van der Waals surface area contributed by atoms with E-state index in [0.29, 0.717) is 0 Å². The molecule has 12 heavy (non-hydrogen) atoms. The predicted octanol–water partition coefficient (Wildman–Crippen LogP) is 3.44. The standard InChI is InChI=1S/C9H10BrNS/c1-6-3-4-8(10)9(7(6)2)11-5-12/h3-5H,1-2H3,(H,11,12). The minimum absolute atomic E-state index is 1.05. The molecule has 0 aromatic heterocycles. The predicted molar refractivity (Wildman–Crippen MR) is 60.9 cm³/mol. The third-order valence-corrected chi connectivity index (χ3v) is 2.67. The van der Waals surface area contributed by atoms with Crippen molar-refractivity contribution in [1.29, 1.82) is 0 Å². The maximum absolute atomic E-state index is 4.74. The highest BCUT2D eigenvalue weighted by Gasteiger charge is 2.03. The number of aryl methyl sites for hydroxylation is 1. The molecule has 1 rings (SSSR count). The van der Waals surface area contributed by atoms with Crippen LogP contribution in [0, 0.1) is 13.8 Å². The molecule has 0 unspecified atom stereocenters. The van der Waals surface area contributed by atoms with Crippen molar-refractivity contribution < 1.29 is 0 Å². The average molecular weight is 244 g/mol. The Balaban J connectivity index is 3.22. The highest BCUT2D eigenvalue weighted by molar-refractivity contribution is 9.10. The lowest BCUT2D eigenvalue weighted by Gasteiger charge is -2.09. The summed E-state index contributed by atoms with van der Waals surface area (Å²) in [5, 5.41) is 3.03. The smallest absolute Gasteiger partial charge is 0.0659 e. The molecule has 0 spiro atoms. The summed E-state index contributed by atoms with van der Waals surface area (Å²) in [6.07, 6.45) is 0. The summed E-state index contributed by atoms with van der Waals surface area (Å²) in [4.78, 5) is 0. The van der Waals surface area contributed by atoms with Gasteiger partial charge in [0.25, 0.3) is 0 Å². The number of nitrogens with one attached hydrogen (secondary N) is 1. The molecule has 0 bridgehead atoms. The lowest BCUT2D eigenvalue weighted by molar-refractivity contribution is 1.33. The number of anilines is 1. The number of rotatable bonds is 2. The average Bonchev–Trinajstić information content (AvgIpc) is 2.06.